The summed E-state index contributed by atoms with van der Waals surface area (Å²) in [6.45, 7) is 5.55. The second kappa shape index (κ2) is 9.86. The van der Waals surface area contributed by atoms with Crippen LogP contribution in [0.1, 0.15) is 31.7 Å². The SMILES string of the molecule is CCCOc1ccc(OCC(=O)NCc2ccc(N3CCCC3)cc2)cc1. The number of nitrogens with zero attached hydrogens (tertiary/aromatic N) is 1. The molecule has 0 radical (unpaired) electrons. The van der Waals surface area contributed by atoms with Gasteiger partial charge in [-0.15, -0.1) is 0 Å². The van der Waals surface area contributed by atoms with E-state index in [4.69, 9.17) is 9.47 Å². The maximum absolute atomic E-state index is 12.0. The first-order valence-electron chi connectivity index (χ1n) is 9.71. The summed E-state index contributed by atoms with van der Waals surface area (Å²) < 4.78 is 11.1. The van der Waals surface area contributed by atoms with Gasteiger partial charge in [0.05, 0.1) is 6.61 Å². The van der Waals surface area contributed by atoms with Gasteiger partial charge >= 0.3 is 0 Å². The minimum atomic E-state index is -0.134. The summed E-state index contributed by atoms with van der Waals surface area (Å²) in [5.41, 5.74) is 2.35. The van der Waals surface area contributed by atoms with Crippen molar-refractivity contribution in [2.24, 2.45) is 0 Å². The van der Waals surface area contributed by atoms with Crippen LogP contribution in [0.5, 0.6) is 11.5 Å². The van der Waals surface area contributed by atoms with Gasteiger partial charge in [-0.25, -0.2) is 0 Å². The summed E-state index contributed by atoms with van der Waals surface area (Å²) in [5.74, 6) is 1.33. The minimum Gasteiger partial charge on any atom is -0.494 e. The molecule has 1 aliphatic heterocycles. The maximum atomic E-state index is 12.0. The van der Waals surface area contributed by atoms with Crippen molar-refractivity contribution in [3.63, 3.8) is 0 Å². The van der Waals surface area contributed by atoms with Crippen molar-refractivity contribution in [3.05, 3.63) is 54.1 Å². The van der Waals surface area contributed by atoms with E-state index < -0.39 is 0 Å². The van der Waals surface area contributed by atoms with Crippen molar-refractivity contribution < 1.29 is 14.3 Å². The molecule has 0 aromatic heterocycles. The molecular formula is C22H28N2O3. The Hall–Kier alpha value is -2.69. The third kappa shape index (κ3) is 5.91. The van der Waals surface area contributed by atoms with Crippen LogP contribution in [0.4, 0.5) is 5.69 Å². The highest BCUT2D eigenvalue weighted by Gasteiger charge is 2.11. The lowest BCUT2D eigenvalue weighted by Crippen LogP contribution is -2.28. The van der Waals surface area contributed by atoms with E-state index in [9.17, 15) is 4.79 Å². The highest BCUT2D eigenvalue weighted by molar-refractivity contribution is 5.77. The van der Waals surface area contributed by atoms with Gasteiger partial charge in [-0.1, -0.05) is 19.1 Å². The predicted molar refractivity (Wildman–Crippen MR) is 107 cm³/mol. The molecule has 0 saturated carbocycles. The van der Waals surface area contributed by atoms with Crippen LogP contribution in [0.15, 0.2) is 48.5 Å². The Kier molecular flexibility index (Phi) is 6.97. The molecule has 3 rings (SSSR count). The van der Waals surface area contributed by atoms with Gasteiger partial charge < -0.3 is 19.7 Å². The zero-order valence-electron chi connectivity index (χ0n) is 15.9. The second-order valence-electron chi connectivity index (χ2n) is 6.75. The van der Waals surface area contributed by atoms with E-state index in [2.05, 4.69) is 41.4 Å². The Bertz CT molecular complexity index is 707. The largest absolute Gasteiger partial charge is 0.494 e. The van der Waals surface area contributed by atoms with Crippen LogP contribution in [-0.2, 0) is 11.3 Å². The number of amides is 1. The van der Waals surface area contributed by atoms with Crippen molar-refractivity contribution in [3.8, 4) is 11.5 Å². The Morgan fingerprint density at radius 1 is 0.963 bits per heavy atom. The molecule has 144 valence electrons. The highest BCUT2D eigenvalue weighted by Crippen LogP contribution is 2.20. The number of rotatable bonds is 9. The quantitative estimate of drug-likeness (QED) is 0.732. The molecule has 1 amide bonds. The lowest BCUT2D eigenvalue weighted by molar-refractivity contribution is -0.123. The standard InChI is InChI=1S/C22H28N2O3/c1-2-15-26-20-9-11-21(12-10-20)27-17-22(25)23-16-18-5-7-19(8-6-18)24-13-3-4-14-24/h5-12H,2-4,13-17H2,1H3,(H,23,25). The van der Waals surface area contributed by atoms with E-state index >= 15 is 0 Å². The average molecular weight is 368 g/mol. The number of carbonyl (C=O) groups excluding carboxylic acids is 1. The van der Waals surface area contributed by atoms with Crippen LogP contribution >= 0.6 is 0 Å². The zero-order chi connectivity index (χ0) is 18.9. The van der Waals surface area contributed by atoms with Gasteiger partial charge in [0, 0.05) is 25.3 Å². The summed E-state index contributed by atoms with van der Waals surface area (Å²) in [7, 11) is 0. The molecule has 1 aliphatic rings. The molecule has 0 spiro atoms. The fourth-order valence-electron chi connectivity index (χ4n) is 3.05. The van der Waals surface area contributed by atoms with E-state index in [0.717, 1.165) is 30.8 Å². The van der Waals surface area contributed by atoms with Gasteiger partial charge in [0.1, 0.15) is 11.5 Å². The molecule has 1 fully saturated rings. The van der Waals surface area contributed by atoms with Crippen LogP contribution in [0.25, 0.3) is 0 Å². The summed E-state index contributed by atoms with van der Waals surface area (Å²) in [6.07, 6.45) is 3.51. The fraction of sp³-hybridized carbons (Fsp3) is 0.409. The van der Waals surface area contributed by atoms with Crippen molar-refractivity contribution >= 4 is 11.6 Å². The van der Waals surface area contributed by atoms with Crippen molar-refractivity contribution in [1.29, 1.82) is 0 Å². The lowest BCUT2D eigenvalue weighted by atomic mass is 10.2. The van der Waals surface area contributed by atoms with Crippen LogP contribution in [0, 0.1) is 0 Å². The van der Waals surface area contributed by atoms with Crippen molar-refractivity contribution in [2.45, 2.75) is 32.7 Å². The Morgan fingerprint density at radius 3 is 2.22 bits per heavy atom. The van der Waals surface area contributed by atoms with Crippen LogP contribution < -0.4 is 19.7 Å². The molecule has 1 heterocycles. The van der Waals surface area contributed by atoms with Crippen LogP contribution in [-0.4, -0.2) is 32.2 Å². The fourth-order valence-corrected chi connectivity index (χ4v) is 3.05. The Morgan fingerprint density at radius 2 is 1.59 bits per heavy atom. The molecule has 5 heteroatoms. The van der Waals surface area contributed by atoms with E-state index in [1.165, 1.54) is 18.5 Å². The number of carbonyl (C=O) groups is 1. The maximum Gasteiger partial charge on any atom is 0.258 e. The van der Waals surface area contributed by atoms with Crippen molar-refractivity contribution in [2.75, 3.05) is 31.2 Å². The minimum absolute atomic E-state index is 0.00102. The van der Waals surface area contributed by atoms with Gasteiger partial charge in [-0.05, 0) is 61.2 Å². The molecule has 0 aliphatic carbocycles. The van der Waals surface area contributed by atoms with E-state index in [0.29, 0.717) is 18.9 Å². The molecule has 0 atom stereocenters. The van der Waals surface area contributed by atoms with Gasteiger partial charge in [0.25, 0.3) is 5.91 Å². The first-order valence-corrected chi connectivity index (χ1v) is 9.71. The second-order valence-corrected chi connectivity index (χ2v) is 6.75. The predicted octanol–water partition coefficient (Wildman–Crippen LogP) is 3.77. The third-order valence-electron chi connectivity index (χ3n) is 4.56. The van der Waals surface area contributed by atoms with Gasteiger partial charge in [0.15, 0.2) is 6.61 Å². The van der Waals surface area contributed by atoms with E-state index in [-0.39, 0.29) is 12.5 Å². The molecule has 1 saturated heterocycles. The van der Waals surface area contributed by atoms with E-state index in [1.807, 2.05) is 24.3 Å². The number of hydrogen-bond acceptors (Lipinski definition) is 4. The molecule has 2 aromatic carbocycles. The molecule has 5 nitrogen and oxygen atoms in total. The van der Waals surface area contributed by atoms with Gasteiger partial charge in [0.2, 0.25) is 0 Å². The monoisotopic (exact) mass is 368 g/mol. The molecule has 0 bridgehead atoms. The summed E-state index contributed by atoms with van der Waals surface area (Å²) in [4.78, 5) is 14.4. The summed E-state index contributed by atoms with van der Waals surface area (Å²) in [5, 5.41) is 2.90. The smallest absolute Gasteiger partial charge is 0.258 e. The van der Waals surface area contributed by atoms with Crippen LogP contribution in [0.2, 0.25) is 0 Å². The number of benzene rings is 2. The summed E-state index contributed by atoms with van der Waals surface area (Å²) in [6, 6.07) is 15.7. The number of hydrogen-bond donors (Lipinski definition) is 1. The first kappa shape index (κ1) is 19.1. The molecule has 2 aromatic rings. The Labute approximate surface area is 161 Å². The summed E-state index contributed by atoms with van der Waals surface area (Å²) >= 11 is 0. The number of nitrogens with one attached hydrogen (secondary N) is 1. The number of anilines is 1. The molecular weight excluding hydrogens is 340 g/mol. The molecule has 0 unspecified atom stereocenters. The van der Waals surface area contributed by atoms with Crippen molar-refractivity contribution in [1.82, 2.24) is 5.32 Å². The Balaban J connectivity index is 1.39. The first-order chi connectivity index (χ1) is 13.2. The average Bonchev–Trinajstić information content (AvgIpc) is 3.25. The van der Waals surface area contributed by atoms with Gasteiger partial charge in [-0.3, -0.25) is 4.79 Å². The highest BCUT2D eigenvalue weighted by atomic mass is 16.5. The molecule has 1 N–H and O–H groups in total. The normalized spacial score (nSPS) is 13.4. The number of ether oxygens (including phenoxy) is 2. The zero-order valence-corrected chi connectivity index (χ0v) is 15.9. The van der Waals surface area contributed by atoms with Crippen LogP contribution in [0.3, 0.4) is 0 Å². The molecule has 27 heavy (non-hydrogen) atoms. The topological polar surface area (TPSA) is 50.8 Å². The lowest BCUT2D eigenvalue weighted by Gasteiger charge is -2.17. The van der Waals surface area contributed by atoms with Gasteiger partial charge in [-0.2, -0.15) is 0 Å². The third-order valence-corrected chi connectivity index (χ3v) is 4.56. The van der Waals surface area contributed by atoms with E-state index in [1.54, 1.807) is 0 Å².